The molecule has 0 spiro atoms. The zero-order chi connectivity index (χ0) is 23.7. The van der Waals surface area contributed by atoms with Crippen molar-refractivity contribution in [2.75, 3.05) is 13.2 Å². The third-order valence-corrected chi connectivity index (χ3v) is 4.49. The minimum absolute atomic E-state index is 0. The maximum atomic E-state index is 11.2. The lowest BCUT2D eigenvalue weighted by Gasteiger charge is -2.09. The number of hydrogen-bond acceptors (Lipinski definition) is 8. The molecule has 0 amide bonds. The van der Waals surface area contributed by atoms with Gasteiger partial charge in [0.05, 0.1) is 23.1 Å². The highest BCUT2D eigenvalue weighted by atomic mass is 35.5. The van der Waals surface area contributed by atoms with Gasteiger partial charge < -0.3 is 20.9 Å². The van der Waals surface area contributed by atoms with E-state index in [0.717, 1.165) is 12.8 Å². The number of ether oxygens (including phenoxy) is 2. The topological polar surface area (TPSA) is 204 Å². The molecule has 0 unspecified atom stereocenters. The summed E-state index contributed by atoms with van der Waals surface area (Å²) in [6.07, 6.45) is 2.85. The third kappa shape index (κ3) is 7.92. The van der Waals surface area contributed by atoms with Crippen molar-refractivity contribution in [1.29, 1.82) is 10.8 Å². The predicted molar refractivity (Wildman–Crippen MR) is 125 cm³/mol. The van der Waals surface area contributed by atoms with E-state index in [1.807, 2.05) is 0 Å². The highest BCUT2D eigenvalue weighted by Gasteiger charge is 2.18. The van der Waals surface area contributed by atoms with Gasteiger partial charge in [-0.1, -0.05) is 0 Å². The second kappa shape index (κ2) is 12.8. The fraction of sp³-hybridized carbons (Fsp3) is 0.300. The van der Waals surface area contributed by atoms with E-state index >= 15 is 0 Å². The number of nitrogens with zero attached hydrogens (tertiary/aromatic N) is 2. The molecule has 0 saturated carbocycles. The number of rotatable bonds is 13. The van der Waals surface area contributed by atoms with E-state index in [2.05, 4.69) is 0 Å². The Morgan fingerprint density at radius 1 is 0.758 bits per heavy atom. The lowest BCUT2D eigenvalue weighted by Crippen LogP contribution is -2.11. The molecule has 2 rings (SSSR count). The summed E-state index contributed by atoms with van der Waals surface area (Å²) in [7, 11) is 0. The molecule has 13 heteroatoms. The van der Waals surface area contributed by atoms with Crippen molar-refractivity contribution in [2.45, 2.75) is 25.7 Å². The quantitative estimate of drug-likeness (QED) is 0.109. The molecule has 0 heterocycles. The number of halogens is 1. The van der Waals surface area contributed by atoms with Crippen molar-refractivity contribution >= 4 is 35.5 Å². The first-order valence-electron chi connectivity index (χ1n) is 9.72. The number of unbranched alkanes of at least 4 members (excludes halogenated alkanes) is 3. The Balaban J connectivity index is 0.00000544. The van der Waals surface area contributed by atoms with Crippen LogP contribution in [0.5, 0.6) is 11.5 Å². The fourth-order valence-electron chi connectivity index (χ4n) is 2.82. The van der Waals surface area contributed by atoms with Crippen LogP contribution in [0.2, 0.25) is 0 Å². The molecule has 0 fully saturated rings. The molecule has 2 aromatic rings. The number of nitrogen functional groups attached to an aromatic ring is 2. The van der Waals surface area contributed by atoms with Crippen LogP contribution in [0.1, 0.15) is 36.8 Å². The number of nitrogens with two attached hydrogens (primary N) is 2. The molecule has 0 saturated heterocycles. The second-order valence-corrected chi connectivity index (χ2v) is 6.82. The number of hydrogen-bond donors (Lipinski definition) is 4. The summed E-state index contributed by atoms with van der Waals surface area (Å²) in [5, 5.41) is 37.1. The van der Waals surface area contributed by atoms with Gasteiger partial charge in [0, 0.05) is 23.3 Å². The van der Waals surface area contributed by atoms with Gasteiger partial charge in [0.1, 0.15) is 11.7 Å². The van der Waals surface area contributed by atoms with Gasteiger partial charge >= 0.3 is 11.4 Å². The largest absolute Gasteiger partial charge is 0.487 e. The van der Waals surface area contributed by atoms with E-state index in [1.54, 1.807) is 0 Å². The van der Waals surface area contributed by atoms with E-state index in [4.69, 9.17) is 31.8 Å². The molecule has 0 aliphatic rings. The SMILES string of the molecule is Cl.N=C(N)c1ccc(OCCCCCCOc2ccc(C(=N)N)cc2[N+](=O)[O-])c([N+](=O)[O-])c1. The molecule has 6 N–H and O–H groups in total. The Morgan fingerprint density at radius 3 is 1.42 bits per heavy atom. The van der Waals surface area contributed by atoms with Gasteiger partial charge in [-0.15, -0.1) is 12.4 Å². The van der Waals surface area contributed by atoms with Gasteiger partial charge in [-0.05, 0) is 49.9 Å². The number of nitro groups is 2. The van der Waals surface area contributed by atoms with E-state index in [-0.39, 0.29) is 71.3 Å². The molecule has 0 bridgehead atoms. The molecule has 0 atom stereocenters. The van der Waals surface area contributed by atoms with Crippen LogP contribution in [-0.2, 0) is 0 Å². The molecule has 12 nitrogen and oxygen atoms in total. The van der Waals surface area contributed by atoms with Crippen molar-refractivity contribution in [3.63, 3.8) is 0 Å². The van der Waals surface area contributed by atoms with Crippen LogP contribution in [0, 0.1) is 31.0 Å². The van der Waals surface area contributed by atoms with Crippen molar-refractivity contribution in [3.05, 3.63) is 67.8 Å². The van der Waals surface area contributed by atoms with Gasteiger partial charge in [0.15, 0.2) is 11.5 Å². The molecular formula is C20H25ClN6O6. The Bertz CT molecular complexity index is 951. The molecule has 33 heavy (non-hydrogen) atoms. The van der Waals surface area contributed by atoms with E-state index in [1.165, 1.54) is 36.4 Å². The first kappa shape index (κ1) is 27.1. The standard InChI is InChI=1S/C20H24N6O6.ClH/c21-19(22)13-5-7-17(15(11-13)25(27)28)31-9-3-1-2-4-10-32-18-8-6-14(20(23)24)12-16(18)26(29)30;/h5-8,11-12H,1-4,9-10H2,(H3,21,22)(H3,23,24);1H. The molecular weight excluding hydrogens is 456 g/mol. The van der Waals surface area contributed by atoms with Gasteiger partial charge in [0.2, 0.25) is 0 Å². The van der Waals surface area contributed by atoms with Crippen molar-refractivity contribution in [3.8, 4) is 11.5 Å². The Morgan fingerprint density at radius 2 is 1.12 bits per heavy atom. The molecule has 0 aliphatic carbocycles. The smallest absolute Gasteiger partial charge is 0.311 e. The summed E-state index contributed by atoms with van der Waals surface area (Å²) in [5.74, 6) is -0.293. The molecule has 2 aromatic carbocycles. The van der Waals surface area contributed by atoms with Crippen LogP contribution in [-0.4, -0.2) is 34.7 Å². The first-order valence-corrected chi connectivity index (χ1v) is 9.72. The molecule has 178 valence electrons. The number of amidine groups is 2. The highest BCUT2D eigenvalue weighted by molar-refractivity contribution is 5.96. The van der Waals surface area contributed by atoms with Crippen LogP contribution < -0.4 is 20.9 Å². The Labute approximate surface area is 195 Å². The monoisotopic (exact) mass is 480 g/mol. The normalized spacial score (nSPS) is 10.1. The summed E-state index contributed by atoms with van der Waals surface area (Å²) in [5.41, 5.74) is 10.7. The summed E-state index contributed by atoms with van der Waals surface area (Å²) < 4.78 is 11.0. The molecule has 0 aromatic heterocycles. The van der Waals surface area contributed by atoms with Crippen molar-refractivity contribution in [2.24, 2.45) is 11.5 Å². The van der Waals surface area contributed by atoms with Gasteiger partial charge in [-0.25, -0.2) is 0 Å². The Hall–Kier alpha value is -3.93. The highest BCUT2D eigenvalue weighted by Crippen LogP contribution is 2.29. The zero-order valence-electron chi connectivity index (χ0n) is 17.6. The van der Waals surface area contributed by atoms with E-state index < -0.39 is 9.85 Å². The van der Waals surface area contributed by atoms with Gasteiger partial charge in [-0.2, -0.15) is 0 Å². The van der Waals surface area contributed by atoms with Crippen LogP contribution >= 0.6 is 12.4 Å². The lowest BCUT2D eigenvalue weighted by molar-refractivity contribution is -0.386. The lowest BCUT2D eigenvalue weighted by atomic mass is 10.1. The number of benzene rings is 2. The van der Waals surface area contributed by atoms with Crippen LogP contribution in [0.25, 0.3) is 0 Å². The van der Waals surface area contributed by atoms with Gasteiger partial charge in [0.25, 0.3) is 0 Å². The second-order valence-electron chi connectivity index (χ2n) is 6.82. The van der Waals surface area contributed by atoms with Crippen LogP contribution in [0.3, 0.4) is 0 Å². The fourth-order valence-corrected chi connectivity index (χ4v) is 2.82. The van der Waals surface area contributed by atoms with Crippen LogP contribution in [0.4, 0.5) is 11.4 Å². The average molecular weight is 481 g/mol. The summed E-state index contributed by atoms with van der Waals surface area (Å²) in [4.78, 5) is 21.2. The minimum Gasteiger partial charge on any atom is -0.487 e. The van der Waals surface area contributed by atoms with Crippen molar-refractivity contribution < 1.29 is 19.3 Å². The first-order chi connectivity index (χ1) is 15.2. The minimum atomic E-state index is -0.582. The van der Waals surface area contributed by atoms with Crippen LogP contribution in [0.15, 0.2) is 36.4 Å². The predicted octanol–water partition coefficient (Wildman–Crippen LogP) is 3.51. The summed E-state index contributed by atoms with van der Waals surface area (Å²) in [6, 6.07) is 8.24. The molecule has 0 radical (unpaired) electrons. The zero-order valence-corrected chi connectivity index (χ0v) is 18.4. The third-order valence-electron chi connectivity index (χ3n) is 4.49. The average Bonchev–Trinajstić information content (AvgIpc) is 2.75. The van der Waals surface area contributed by atoms with Gasteiger partial charge in [-0.3, -0.25) is 31.0 Å². The van der Waals surface area contributed by atoms with E-state index in [0.29, 0.717) is 12.8 Å². The summed E-state index contributed by atoms with van der Waals surface area (Å²) in [6.45, 7) is 0.554. The maximum absolute atomic E-state index is 11.2. The summed E-state index contributed by atoms with van der Waals surface area (Å²) >= 11 is 0. The number of nitro benzene ring substituents is 2. The van der Waals surface area contributed by atoms with Crippen molar-refractivity contribution in [1.82, 2.24) is 0 Å². The van der Waals surface area contributed by atoms with E-state index in [9.17, 15) is 20.2 Å². The number of nitrogens with one attached hydrogen (secondary N) is 2. The molecule has 0 aliphatic heterocycles. The maximum Gasteiger partial charge on any atom is 0.311 e. The Kier molecular flexibility index (Phi) is 10.5.